The van der Waals surface area contributed by atoms with E-state index in [1.807, 2.05) is 49.4 Å². The van der Waals surface area contributed by atoms with Crippen LogP contribution in [0.3, 0.4) is 0 Å². The van der Waals surface area contributed by atoms with E-state index in [4.69, 9.17) is 17.3 Å². The van der Waals surface area contributed by atoms with Gasteiger partial charge in [-0.05, 0) is 59.3 Å². The summed E-state index contributed by atoms with van der Waals surface area (Å²) >= 11 is 6.05. The second-order valence-electron chi connectivity index (χ2n) is 4.47. The fourth-order valence-corrected chi connectivity index (χ4v) is 2.14. The predicted octanol–water partition coefficient (Wildman–Crippen LogP) is 2.87. The molecule has 3 aromatic rings. The molecule has 3 rings (SSSR count). The van der Waals surface area contributed by atoms with Crippen LogP contribution in [0.5, 0.6) is 0 Å². The molecule has 2 N–H and O–H groups in total. The SMILES string of the molecule is Cc1ccc(Cl)cc1-n1nnnc1-c1ccc(N)cc1. The molecule has 0 atom stereocenters. The standard InChI is InChI=1S/C14H12ClN5/c1-9-2-5-11(15)8-13(9)20-14(17-18-19-20)10-3-6-12(16)7-4-10/h2-8H,16H2,1H3. The quantitative estimate of drug-likeness (QED) is 0.735. The van der Waals surface area contributed by atoms with Crippen molar-refractivity contribution in [3.63, 3.8) is 0 Å². The number of rotatable bonds is 2. The van der Waals surface area contributed by atoms with Crippen molar-refractivity contribution in [3.8, 4) is 17.1 Å². The van der Waals surface area contributed by atoms with Crippen LogP contribution in [0.15, 0.2) is 42.5 Å². The third kappa shape index (κ3) is 2.23. The van der Waals surface area contributed by atoms with Crippen molar-refractivity contribution < 1.29 is 0 Å². The van der Waals surface area contributed by atoms with Crippen LogP contribution in [0.2, 0.25) is 5.02 Å². The monoisotopic (exact) mass is 285 g/mol. The molecule has 0 fully saturated rings. The van der Waals surface area contributed by atoms with Crippen LogP contribution in [0.4, 0.5) is 5.69 Å². The van der Waals surface area contributed by atoms with Gasteiger partial charge in [0.05, 0.1) is 5.69 Å². The topological polar surface area (TPSA) is 69.6 Å². The summed E-state index contributed by atoms with van der Waals surface area (Å²) in [4.78, 5) is 0. The maximum absolute atomic E-state index is 6.05. The van der Waals surface area contributed by atoms with Crippen molar-refractivity contribution in [2.24, 2.45) is 0 Å². The zero-order valence-corrected chi connectivity index (χ0v) is 11.5. The normalized spacial score (nSPS) is 10.7. The first kappa shape index (κ1) is 12.6. The highest BCUT2D eigenvalue weighted by molar-refractivity contribution is 6.30. The van der Waals surface area contributed by atoms with Crippen molar-refractivity contribution in [1.82, 2.24) is 20.2 Å². The minimum atomic E-state index is 0.643. The van der Waals surface area contributed by atoms with E-state index in [1.165, 1.54) is 0 Å². The van der Waals surface area contributed by atoms with Gasteiger partial charge in [-0.25, -0.2) is 0 Å². The molecule has 20 heavy (non-hydrogen) atoms. The molecule has 1 heterocycles. The van der Waals surface area contributed by atoms with Crippen LogP contribution in [0.25, 0.3) is 17.1 Å². The summed E-state index contributed by atoms with van der Waals surface area (Å²) in [5.41, 5.74) is 9.19. The van der Waals surface area contributed by atoms with Crippen molar-refractivity contribution in [3.05, 3.63) is 53.1 Å². The molecule has 0 amide bonds. The molecule has 0 bridgehead atoms. The van der Waals surface area contributed by atoms with Gasteiger partial charge in [-0.2, -0.15) is 4.68 Å². The number of hydrogen-bond acceptors (Lipinski definition) is 4. The van der Waals surface area contributed by atoms with Gasteiger partial charge in [0.1, 0.15) is 0 Å². The third-order valence-corrected chi connectivity index (χ3v) is 3.27. The number of nitrogens with two attached hydrogens (primary N) is 1. The van der Waals surface area contributed by atoms with Gasteiger partial charge in [-0.1, -0.05) is 17.7 Å². The first-order chi connectivity index (χ1) is 9.65. The smallest absolute Gasteiger partial charge is 0.187 e. The Bertz CT molecular complexity index is 749. The van der Waals surface area contributed by atoms with Crippen LogP contribution >= 0.6 is 11.6 Å². The first-order valence-corrected chi connectivity index (χ1v) is 6.44. The molecular formula is C14H12ClN5. The number of anilines is 1. The summed E-state index contributed by atoms with van der Waals surface area (Å²) in [6, 6.07) is 13.0. The Morgan fingerprint density at radius 3 is 2.60 bits per heavy atom. The van der Waals surface area contributed by atoms with Gasteiger partial charge in [0.2, 0.25) is 0 Å². The number of aromatic nitrogens is 4. The van der Waals surface area contributed by atoms with Crippen molar-refractivity contribution in [1.29, 1.82) is 0 Å². The lowest BCUT2D eigenvalue weighted by atomic mass is 10.1. The van der Waals surface area contributed by atoms with Gasteiger partial charge < -0.3 is 5.73 Å². The number of benzene rings is 2. The van der Waals surface area contributed by atoms with E-state index in [-0.39, 0.29) is 0 Å². The zero-order valence-electron chi connectivity index (χ0n) is 10.8. The molecule has 2 aromatic carbocycles. The molecular weight excluding hydrogens is 274 g/mol. The van der Waals surface area contributed by atoms with Crippen molar-refractivity contribution >= 4 is 17.3 Å². The molecule has 5 nitrogen and oxygen atoms in total. The summed E-state index contributed by atoms with van der Waals surface area (Å²) in [5, 5.41) is 12.5. The fraction of sp³-hybridized carbons (Fsp3) is 0.0714. The molecule has 0 saturated carbocycles. The summed E-state index contributed by atoms with van der Waals surface area (Å²) < 4.78 is 1.67. The number of aryl methyl sites for hydroxylation is 1. The van der Waals surface area contributed by atoms with Crippen LogP contribution in [-0.2, 0) is 0 Å². The molecule has 0 radical (unpaired) electrons. The van der Waals surface area contributed by atoms with Gasteiger partial charge in [-0.15, -0.1) is 5.10 Å². The van der Waals surface area contributed by atoms with Gasteiger partial charge >= 0.3 is 0 Å². The van der Waals surface area contributed by atoms with Gasteiger partial charge in [0, 0.05) is 16.3 Å². The number of nitrogen functional groups attached to an aromatic ring is 1. The largest absolute Gasteiger partial charge is 0.399 e. The van der Waals surface area contributed by atoms with E-state index in [0.29, 0.717) is 16.5 Å². The van der Waals surface area contributed by atoms with Crippen LogP contribution in [0.1, 0.15) is 5.56 Å². The zero-order chi connectivity index (χ0) is 14.1. The lowest BCUT2D eigenvalue weighted by Gasteiger charge is -2.08. The fourth-order valence-electron chi connectivity index (χ4n) is 1.97. The van der Waals surface area contributed by atoms with E-state index >= 15 is 0 Å². The molecule has 6 heteroatoms. The highest BCUT2D eigenvalue weighted by Gasteiger charge is 2.12. The highest BCUT2D eigenvalue weighted by Crippen LogP contribution is 2.24. The van der Waals surface area contributed by atoms with Crippen LogP contribution in [-0.4, -0.2) is 20.2 Å². The molecule has 0 spiro atoms. The van der Waals surface area contributed by atoms with E-state index in [9.17, 15) is 0 Å². The molecule has 0 saturated heterocycles. The van der Waals surface area contributed by atoms with Gasteiger partial charge in [0.25, 0.3) is 0 Å². The molecule has 0 aliphatic rings. The average Bonchev–Trinajstić information content (AvgIpc) is 2.91. The Morgan fingerprint density at radius 2 is 1.85 bits per heavy atom. The molecule has 100 valence electrons. The number of tetrazole rings is 1. The van der Waals surface area contributed by atoms with E-state index in [1.54, 1.807) is 4.68 Å². The van der Waals surface area contributed by atoms with E-state index < -0.39 is 0 Å². The number of halogens is 1. The lowest BCUT2D eigenvalue weighted by Crippen LogP contribution is -2.02. The Morgan fingerprint density at radius 1 is 1.10 bits per heavy atom. The summed E-state index contributed by atoms with van der Waals surface area (Å²) in [7, 11) is 0. The molecule has 0 aliphatic heterocycles. The Labute approximate surface area is 121 Å². The third-order valence-electron chi connectivity index (χ3n) is 3.04. The lowest BCUT2D eigenvalue weighted by molar-refractivity contribution is 0.787. The Balaban J connectivity index is 2.15. The first-order valence-electron chi connectivity index (χ1n) is 6.06. The maximum Gasteiger partial charge on any atom is 0.187 e. The summed E-state index contributed by atoms with van der Waals surface area (Å²) in [5.74, 6) is 0.648. The molecule has 0 aliphatic carbocycles. The van der Waals surface area contributed by atoms with E-state index in [2.05, 4.69) is 15.5 Å². The van der Waals surface area contributed by atoms with Crippen LogP contribution < -0.4 is 5.73 Å². The second kappa shape index (κ2) is 4.94. The maximum atomic E-state index is 6.05. The Hall–Kier alpha value is -2.40. The van der Waals surface area contributed by atoms with E-state index in [0.717, 1.165) is 16.8 Å². The molecule has 1 aromatic heterocycles. The summed E-state index contributed by atoms with van der Waals surface area (Å²) in [6.07, 6.45) is 0. The summed E-state index contributed by atoms with van der Waals surface area (Å²) in [6.45, 7) is 1.99. The average molecular weight is 286 g/mol. The van der Waals surface area contributed by atoms with Crippen molar-refractivity contribution in [2.75, 3.05) is 5.73 Å². The van der Waals surface area contributed by atoms with Crippen molar-refractivity contribution in [2.45, 2.75) is 6.92 Å². The Kier molecular flexibility index (Phi) is 3.12. The highest BCUT2D eigenvalue weighted by atomic mass is 35.5. The number of hydrogen-bond donors (Lipinski definition) is 1. The predicted molar refractivity (Wildman–Crippen MR) is 78.7 cm³/mol. The minimum absolute atomic E-state index is 0.643. The second-order valence-corrected chi connectivity index (χ2v) is 4.90. The molecule has 0 unspecified atom stereocenters. The van der Waals surface area contributed by atoms with Crippen LogP contribution in [0, 0.1) is 6.92 Å². The van der Waals surface area contributed by atoms with Gasteiger partial charge in [0.15, 0.2) is 5.82 Å². The minimum Gasteiger partial charge on any atom is -0.399 e. The van der Waals surface area contributed by atoms with Gasteiger partial charge in [-0.3, -0.25) is 0 Å². The number of nitrogens with zero attached hydrogens (tertiary/aromatic N) is 4.